The van der Waals surface area contributed by atoms with Gasteiger partial charge in [0.1, 0.15) is 0 Å². The Bertz CT molecular complexity index is 699. The zero-order valence-electron chi connectivity index (χ0n) is 14.2. The summed E-state index contributed by atoms with van der Waals surface area (Å²) >= 11 is 0. The van der Waals surface area contributed by atoms with Gasteiger partial charge in [-0.25, -0.2) is 4.79 Å². The molecule has 1 aliphatic rings. The van der Waals surface area contributed by atoms with Gasteiger partial charge in [-0.3, -0.25) is 19.7 Å². The van der Waals surface area contributed by atoms with Crippen LogP contribution in [0.15, 0.2) is 18.2 Å². The van der Waals surface area contributed by atoms with Crippen molar-refractivity contribution in [1.29, 1.82) is 0 Å². The predicted octanol–water partition coefficient (Wildman–Crippen LogP) is 1.65. The molecule has 7 nitrogen and oxygen atoms in total. The maximum Gasteiger partial charge on any atom is 0.318 e. The first-order chi connectivity index (χ1) is 11.9. The van der Waals surface area contributed by atoms with E-state index in [0.29, 0.717) is 5.56 Å². The first kappa shape index (κ1) is 18.6. The summed E-state index contributed by atoms with van der Waals surface area (Å²) in [4.78, 5) is 46.0. The van der Waals surface area contributed by atoms with Gasteiger partial charge in [-0.2, -0.15) is 0 Å². The number of Topliss-reactive ketones (excluding diaryl/α,β-unsaturated/α-hetero) is 1. The number of esters is 1. The molecular weight excluding hydrogens is 324 g/mol. The molecule has 0 aliphatic heterocycles. The van der Waals surface area contributed by atoms with Crippen molar-refractivity contribution in [3.05, 3.63) is 34.9 Å². The minimum absolute atomic E-state index is 0.00176. The third kappa shape index (κ3) is 5.41. The number of rotatable bonds is 6. The number of carbonyl (C=O) groups is 4. The second kappa shape index (κ2) is 8.41. The normalized spacial score (nSPS) is 14.1. The fourth-order valence-corrected chi connectivity index (χ4v) is 2.80. The van der Waals surface area contributed by atoms with Crippen molar-refractivity contribution in [1.82, 2.24) is 5.32 Å². The van der Waals surface area contributed by atoms with Crippen molar-refractivity contribution in [2.45, 2.75) is 51.6 Å². The zero-order chi connectivity index (χ0) is 18.4. The smallest absolute Gasteiger partial charge is 0.318 e. The molecule has 1 aromatic rings. The Labute approximate surface area is 145 Å². The number of aryl methyl sites for hydroxylation is 2. The van der Waals surface area contributed by atoms with Crippen LogP contribution in [0, 0.1) is 0 Å². The Morgan fingerprint density at radius 3 is 2.48 bits per heavy atom. The van der Waals surface area contributed by atoms with E-state index in [1.165, 1.54) is 24.5 Å². The number of hydrogen-bond acceptors (Lipinski definition) is 5. The standard InChI is InChI=1S/C18H22N2O5/c1-11(17(23)20-18(19)24)25-16(22)9-8-15(21)14-7-6-12-4-2-3-5-13(12)10-14/h6-7,10-11H,2-5,8-9H2,1H3,(H3,19,20,23,24). The second-order valence-electron chi connectivity index (χ2n) is 6.10. The molecule has 0 radical (unpaired) electrons. The Balaban J connectivity index is 1.84. The molecule has 3 amide bonds. The van der Waals surface area contributed by atoms with Gasteiger partial charge in [0.05, 0.1) is 6.42 Å². The molecule has 3 N–H and O–H groups in total. The number of hydrogen-bond donors (Lipinski definition) is 2. The zero-order valence-corrected chi connectivity index (χ0v) is 14.2. The molecule has 25 heavy (non-hydrogen) atoms. The van der Waals surface area contributed by atoms with Crippen LogP contribution in [-0.2, 0) is 27.2 Å². The summed E-state index contributed by atoms with van der Waals surface area (Å²) in [5.41, 5.74) is 7.90. The highest BCUT2D eigenvalue weighted by Gasteiger charge is 2.20. The van der Waals surface area contributed by atoms with Crippen molar-refractivity contribution in [3.8, 4) is 0 Å². The van der Waals surface area contributed by atoms with E-state index in [4.69, 9.17) is 10.5 Å². The molecule has 1 unspecified atom stereocenters. The van der Waals surface area contributed by atoms with Crippen molar-refractivity contribution in [2.75, 3.05) is 0 Å². The fourth-order valence-electron chi connectivity index (χ4n) is 2.80. The summed E-state index contributed by atoms with van der Waals surface area (Å²) < 4.78 is 4.88. The highest BCUT2D eigenvalue weighted by Crippen LogP contribution is 2.23. The van der Waals surface area contributed by atoms with E-state index in [2.05, 4.69) is 0 Å². The van der Waals surface area contributed by atoms with Gasteiger partial charge in [0, 0.05) is 12.0 Å². The van der Waals surface area contributed by atoms with Gasteiger partial charge in [0.15, 0.2) is 11.9 Å². The molecule has 0 heterocycles. The molecule has 1 aliphatic carbocycles. The summed E-state index contributed by atoms with van der Waals surface area (Å²) in [5, 5.41) is 1.82. The van der Waals surface area contributed by atoms with Crippen LogP contribution in [0.1, 0.15) is 54.1 Å². The third-order valence-corrected chi connectivity index (χ3v) is 4.15. The number of fused-ring (bicyclic) bond motifs is 1. The summed E-state index contributed by atoms with van der Waals surface area (Å²) in [7, 11) is 0. The molecule has 2 rings (SSSR count). The van der Waals surface area contributed by atoms with E-state index in [1.54, 1.807) is 6.07 Å². The van der Waals surface area contributed by atoms with Gasteiger partial charge in [-0.1, -0.05) is 12.1 Å². The van der Waals surface area contributed by atoms with Gasteiger partial charge in [-0.15, -0.1) is 0 Å². The van der Waals surface area contributed by atoms with Gasteiger partial charge in [0.25, 0.3) is 5.91 Å². The molecule has 1 atom stereocenters. The van der Waals surface area contributed by atoms with Crippen LogP contribution in [0.4, 0.5) is 4.79 Å². The molecule has 7 heteroatoms. The number of nitrogens with one attached hydrogen (secondary N) is 1. The molecule has 0 saturated carbocycles. The van der Waals surface area contributed by atoms with Crippen molar-refractivity contribution >= 4 is 23.7 Å². The predicted molar refractivity (Wildman–Crippen MR) is 89.9 cm³/mol. The Kier molecular flexibility index (Phi) is 6.27. The summed E-state index contributed by atoms with van der Waals surface area (Å²) in [6, 6.07) is 4.66. The van der Waals surface area contributed by atoms with Crippen LogP contribution in [0.5, 0.6) is 0 Å². The van der Waals surface area contributed by atoms with Gasteiger partial charge in [0.2, 0.25) is 0 Å². The Morgan fingerprint density at radius 1 is 1.12 bits per heavy atom. The number of urea groups is 1. The quantitative estimate of drug-likeness (QED) is 0.600. The molecule has 1 aromatic carbocycles. The largest absolute Gasteiger partial charge is 0.453 e. The molecule has 134 valence electrons. The topological polar surface area (TPSA) is 116 Å². The van der Waals surface area contributed by atoms with E-state index < -0.39 is 24.0 Å². The van der Waals surface area contributed by atoms with Gasteiger partial charge in [-0.05, 0) is 49.8 Å². The highest BCUT2D eigenvalue weighted by molar-refractivity contribution is 5.98. The molecule has 0 saturated heterocycles. The number of nitrogens with two attached hydrogens (primary N) is 1. The number of imide groups is 1. The fraction of sp³-hybridized carbons (Fsp3) is 0.444. The van der Waals surface area contributed by atoms with Crippen molar-refractivity contribution < 1.29 is 23.9 Å². The molecule has 0 aromatic heterocycles. The van der Waals surface area contributed by atoms with Crippen LogP contribution in [-0.4, -0.2) is 29.8 Å². The molecule has 0 spiro atoms. The summed E-state index contributed by atoms with van der Waals surface area (Å²) in [6.07, 6.45) is 3.03. The number of amides is 3. The summed E-state index contributed by atoms with van der Waals surface area (Å²) in [5.74, 6) is -1.63. The lowest BCUT2D eigenvalue weighted by Crippen LogP contribution is -2.42. The van der Waals surface area contributed by atoms with Crippen LogP contribution in [0.2, 0.25) is 0 Å². The van der Waals surface area contributed by atoms with E-state index in [-0.39, 0.29) is 18.6 Å². The Hall–Kier alpha value is -2.70. The summed E-state index contributed by atoms with van der Waals surface area (Å²) in [6.45, 7) is 1.32. The average molecular weight is 346 g/mol. The first-order valence-electron chi connectivity index (χ1n) is 8.31. The lowest BCUT2D eigenvalue weighted by molar-refractivity contribution is -0.154. The number of ether oxygens (including phenoxy) is 1. The minimum Gasteiger partial charge on any atom is -0.453 e. The minimum atomic E-state index is -1.15. The SMILES string of the molecule is CC(OC(=O)CCC(=O)c1ccc2c(c1)CCCC2)C(=O)NC(N)=O. The number of primary amides is 1. The maximum absolute atomic E-state index is 12.3. The number of ketones is 1. The molecule has 0 bridgehead atoms. The highest BCUT2D eigenvalue weighted by atomic mass is 16.5. The van der Waals surface area contributed by atoms with E-state index >= 15 is 0 Å². The molecular formula is C18H22N2O5. The lowest BCUT2D eigenvalue weighted by Gasteiger charge is -2.16. The van der Waals surface area contributed by atoms with Crippen LogP contribution in [0.25, 0.3) is 0 Å². The van der Waals surface area contributed by atoms with Gasteiger partial charge >= 0.3 is 12.0 Å². The van der Waals surface area contributed by atoms with Gasteiger partial charge < -0.3 is 10.5 Å². The van der Waals surface area contributed by atoms with Crippen molar-refractivity contribution in [3.63, 3.8) is 0 Å². The van der Waals surface area contributed by atoms with Crippen LogP contribution >= 0.6 is 0 Å². The van der Waals surface area contributed by atoms with E-state index in [9.17, 15) is 19.2 Å². The van der Waals surface area contributed by atoms with Crippen LogP contribution in [0.3, 0.4) is 0 Å². The van der Waals surface area contributed by atoms with E-state index in [1.807, 2.05) is 17.4 Å². The number of benzene rings is 1. The van der Waals surface area contributed by atoms with Crippen LogP contribution < -0.4 is 11.1 Å². The average Bonchev–Trinajstić information content (AvgIpc) is 2.58. The van der Waals surface area contributed by atoms with Crippen molar-refractivity contribution in [2.24, 2.45) is 5.73 Å². The first-order valence-corrected chi connectivity index (χ1v) is 8.31. The Morgan fingerprint density at radius 2 is 1.80 bits per heavy atom. The second-order valence-corrected chi connectivity index (χ2v) is 6.10. The number of carbonyl (C=O) groups excluding carboxylic acids is 4. The van der Waals surface area contributed by atoms with E-state index in [0.717, 1.165) is 19.3 Å². The monoisotopic (exact) mass is 346 g/mol. The molecule has 0 fully saturated rings. The lowest BCUT2D eigenvalue weighted by atomic mass is 9.89. The third-order valence-electron chi connectivity index (χ3n) is 4.15. The maximum atomic E-state index is 12.3.